The van der Waals surface area contributed by atoms with E-state index in [-0.39, 0.29) is 0 Å². The molecule has 0 heterocycles. The van der Waals surface area contributed by atoms with Gasteiger partial charge in [0.2, 0.25) is 0 Å². The maximum atomic E-state index is 6.42. The SMILES string of the molecule is CCCCCCCCCCC/C=C/C=C/c1ccccc1Oc1ccccc1/C=C/C=C/CCCCCCCCCCC. The van der Waals surface area contributed by atoms with Gasteiger partial charge in [0.1, 0.15) is 11.5 Å². The summed E-state index contributed by atoms with van der Waals surface area (Å²) in [5.41, 5.74) is 2.18. The molecule has 0 aromatic heterocycles. The Morgan fingerprint density at radius 3 is 1.16 bits per heavy atom. The van der Waals surface area contributed by atoms with Gasteiger partial charge in [-0.3, -0.25) is 0 Å². The first-order chi connectivity index (χ1) is 21.3. The van der Waals surface area contributed by atoms with E-state index in [1.54, 1.807) is 0 Å². The van der Waals surface area contributed by atoms with Crippen molar-refractivity contribution in [3.63, 3.8) is 0 Å². The van der Waals surface area contributed by atoms with E-state index >= 15 is 0 Å². The van der Waals surface area contributed by atoms with Gasteiger partial charge in [-0.15, -0.1) is 0 Å². The molecule has 2 aromatic carbocycles. The van der Waals surface area contributed by atoms with Gasteiger partial charge in [-0.1, -0.05) is 202 Å². The van der Waals surface area contributed by atoms with E-state index in [2.05, 4.69) is 98.9 Å². The Morgan fingerprint density at radius 2 is 0.767 bits per heavy atom. The van der Waals surface area contributed by atoms with Gasteiger partial charge in [0.05, 0.1) is 0 Å². The minimum atomic E-state index is 0.882. The van der Waals surface area contributed by atoms with E-state index in [0.717, 1.165) is 35.5 Å². The number of hydrogen-bond acceptors (Lipinski definition) is 1. The smallest absolute Gasteiger partial charge is 0.134 e. The Balaban J connectivity index is 1.72. The van der Waals surface area contributed by atoms with Crippen LogP contribution in [0.1, 0.15) is 153 Å². The third kappa shape index (κ3) is 19.2. The third-order valence-corrected chi connectivity index (χ3v) is 8.05. The van der Waals surface area contributed by atoms with Gasteiger partial charge in [-0.2, -0.15) is 0 Å². The molecule has 0 unspecified atom stereocenters. The second kappa shape index (κ2) is 26.8. The lowest BCUT2D eigenvalue weighted by atomic mass is 10.1. The van der Waals surface area contributed by atoms with Gasteiger partial charge in [0.15, 0.2) is 0 Å². The molecule has 2 aromatic rings. The molecule has 0 saturated heterocycles. The second-order valence-corrected chi connectivity index (χ2v) is 12.0. The van der Waals surface area contributed by atoms with Crippen molar-refractivity contribution in [3.8, 4) is 11.5 Å². The van der Waals surface area contributed by atoms with Gasteiger partial charge in [-0.25, -0.2) is 0 Å². The van der Waals surface area contributed by atoms with Gasteiger partial charge < -0.3 is 4.74 Å². The normalized spacial score (nSPS) is 12.0. The molecule has 1 heteroatoms. The van der Waals surface area contributed by atoms with E-state index in [1.165, 1.54) is 116 Å². The second-order valence-electron chi connectivity index (χ2n) is 12.0. The van der Waals surface area contributed by atoms with Crippen LogP contribution in [0.4, 0.5) is 0 Å². The van der Waals surface area contributed by atoms with Crippen LogP contribution in [0.2, 0.25) is 0 Å². The van der Waals surface area contributed by atoms with Crippen LogP contribution in [-0.2, 0) is 0 Å². The number of benzene rings is 2. The van der Waals surface area contributed by atoms with E-state index in [0.29, 0.717) is 0 Å². The summed E-state index contributed by atoms with van der Waals surface area (Å²) >= 11 is 0. The summed E-state index contributed by atoms with van der Waals surface area (Å²) in [5, 5.41) is 0. The van der Waals surface area contributed by atoms with Crippen molar-refractivity contribution >= 4 is 12.2 Å². The zero-order chi connectivity index (χ0) is 30.5. The van der Waals surface area contributed by atoms with Crippen molar-refractivity contribution in [2.45, 2.75) is 142 Å². The summed E-state index contributed by atoms with van der Waals surface area (Å²) in [4.78, 5) is 0. The Kier molecular flexibility index (Phi) is 22.7. The summed E-state index contributed by atoms with van der Waals surface area (Å²) in [5.74, 6) is 1.76. The average molecular weight is 583 g/mol. The van der Waals surface area contributed by atoms with Crippen molar-refractivity contribution in [2.24, 2.45) is 0 Å². The first-order valence-corrected chi connectivity index (χ1v) is 17.9. The third-order valence-electron chi connectivity index (χ3n) is 8.05. The summed E-state index contributed by atoms with van der Waals surface area (Å²) in [6, 6.07) is 16.6. The van der Waals surface area contributed by atoms with Gasteiger partial charge >= 0.3 is 0 Å². The molecular formula is C42H62O. The molecule has 0 amide bonds. The zero-order valence-electron chi connectivity index (χ0n) is 27.8. The number of allylic oxidation sites excluding steroid dienone is 6. The van der Waals surface area contributed by atoms with Crippen LogP contribution < -0.4 is 4.74 Å². The number of hydrogen-bond donors (Lipinski definition) is 0. The monoisotopic (exact) mass is 582 g/mol. The quantitative estimate of drug-likeness (QED) is 0.0792. The van der Waals surface area contributed by atoms with Crippen molar-refractivity contribution < 1.29 is 4.74 Å². The summed E-state index contributed by atoms with van der Waals surface area (Å²) in [7, 11) is 0. The predicted molar refractivity (Wildman–Crippen MR) is 193 cm³/mol. The maximum Gasteiger partial charge on any atom is 0.134 e. The highest BCUT2D eigenvalue weighted by Crippen LogP contribution is 2.29. The molecule has 0 N–H and O–H groups in total. The minimum Gasteiger partial charge on any atom is -0.456 e. The van der Waals surface area contributed by atoms with Gasteiger partial charge in [0, 0.05) is 11.1 Å². The van der Waals surface area contributed by atoms with Crippen molar-refractivity contribution in [3.05, 3.63) is 96.1 Å². The van der Waals surface area contributed by atoms with Crippen LogP contribution >= 0.6 is 0 Å². The lowest BCUT2D eigenvalue weighted by Crippen LogP contribution is -1.89. The molecule has 0 aliphatic heterocycles. The van der Waals surface area contributed by atoms with Crippen LogP contribution in [0.3, 0.4) is 0 Å². The molecule has 0 atom stereocenters. The Morgan fingerprint density at radius 1 is 0.419 bits per heavy atom. The number of unbranched alkanes of at least 4 members (excludes halogenated alkanes) is 18. The fraction of sp³-hybridized carbons (Fsp3) is 0.524. The summed E-state index contributed by atoms with van der Waals surface area (Å²) in [6.45, 7) is 4.57. The lowest BCUT2D eigenvalue weighted by molar-refractivity contribution is 0.480. The first kappa shape index (κ1) is 36.4. The molecule has 0 aliphatic carbocycles. The van der Waals surface area contributed by atoms with Crippen LogP contribution in [0.25, 0.3) is 12.2 Å². The molecule has 236 valence electrons. The first-order valence-electron chi connectivity index (χ1n) is 17.9. The lowest BCUT2D eigenvalue weighted by Gasteiger charge is -2.11. The zero-order valence-corrected chi connectivity index (χ0v) is 27.8. The molecule has 0 fully saturated rings. The van der Waals surface area contributed by atoms with E-state index in [9.17, 15) is 0 Å². The molecular weight excluding hydrogens is 520 g/mol. The van der Waals surface area contributed by atoms with Gasteiger partial charge in [-0.05, 0) is 37.8 Å². The minimum absolute atomic E-state index is 0.882. The topological polar surface area (TPSA) is 9.23 Å². The molecule has 1 nitrogen and oxygen atoms in total. The van der Waals surface area contributed by atoms with E-state index in [4.69, 9.17) is 4.74 Å². The average Bonchev–Trinajstić information content (AvgIpc) is 3.03. The van der Waals surface area contributed by atoms with Crippen LogP contribution in [0.15, 0.2) is 85.0 Å². The fourth-order valence-electron chi connectivity index (χ4n) is 5.35. The standard InChI is InChI=1S/C42H62O/c1-3-5-7-9-11-13-15-17-19-21-23-25-27-33-39-35-29-31-37-41(39)43-42-38-32-30-36-40(42)34-28-26-24-22-20-18-16-14-12-10-8-6-4-2/h23-38H,3-22H2,1-2H3/b25-23+,26-24+,33-27+,34-28+. The van der Waals surface area contributed by atoms with Crippen molar-refractivity contribution in [2.75, 3.05) is 0 Å². The maximum absolute atomic E-state index is 6.42. The Labute approximate surface area is 266 Å². The molecule has 0 aliphatic rings. The molecule has 0 saturated carbocycles. The number of rotatable bonds is 26. The summed E-state index contributed by atoms with van der Waals surface area (Å²) in [6.07, 6.45) is 44.7. The Hall–Kier alpha value is -2.80. The predicted octanol–water partition coefficient (Wildman–Crippen LogP) is 14.5. The highest BCUT2D eigenvalue weighted by atomic mass is 16.5. The molecule has 2 rings (SSSR count). The van der Waals surface area contributed by atoms with Crippen molar-refractivity contribution in [1.82, 2.24) is 0 Å². The van der Waals surface area contributed by atoms with Crippen molar-refractivity contribution in [1.29, 1.82) is 0 Å². The van der Waals surface area contributed by atoms with Gasteiger partial charge in [0.25, 0.3) is 0 Å². The fourth-order valence-corrected chi connectivity index (χ4v) is 5.35. The van der Waals surface area contributed by atoms with Crippen LogP contribution in [0, 0.1) is 0 Å². The molecule has 0 radical (unpaired) electrons. The highest BCUT2D eigenvalue weighted by Gasteiger charge is 2.05. The number of para-hydroxylation sites is 2. The number of ether oxygens (including phenoxy) is 1. The molecule has 0 bridgehead atoms. The largest absolute Gasteiger partial charge is 0.456 e. The van der Waals surface area contributed by atoms with Crippen LogP contribution in [-0.4, -0.2) is 0 Å². The highest BCUT2D eigenvalue weighted by molar-refractivity contribution is 5.62. The van der Waals surface area contributed by atoms with Crippen LogP contribution in [0.5, 0.6) is 11.5 Å². The molecule has 0 spiro atoms. The summed E-state index contributed by atoms with van der Waals surface area (Å²) < 4.78 is 6.42. The van der Waals surface area contributed by atoms with E-state index < -0.39 is 0 Å². The Bertz CT molecular complexity index is 957. The molecule has 43 heavy (non-hydrogen) atoms. The van der Waals surface area contributed by atoms with E-state index in [1.807, 2.05) is 12.1 Å².